The van der Waals surface area contributed by atoms with Crippen LogP contribution in [0.15, 0.2) is 40.6 Å². The number of hydrogen-bond acceptors (Lipinski definition) is 4. The lowest BCUT2D eigenvalue weighted by molar-refractivity contribution is -0.138. The first kappa shape index (κ1) is 14.4. The Morgan fingerprint density at radius 2 is 2.00 bits per heavy atom. The number of anilines is 1. The normalized spacial score (nSPS) is 17.8. The lowest BCUT2D eigenvalue weighted by atomic mass is 10.1. The van der Waals surface area contributed by atoms with Gasteiger partial charge in [0.05, 0.1) is 10.0 Å². The number of thiophene rings is 1. The molecule has 0 amide bonds. The lowest BCUT2D eigenvalue weighted by Crippen LogP contribution is -2.42. The molecule has 1 aliphatic rings. The summed E-state index contributed by atoms with van der Waals surface area (Å²) in [5.74, 6) is -1.17. The van der Waals surface area contributed by atoms with Crippen molar-refractivity contribution >= 4 is 44.6 Å². The summed E-state index contributed by atoms with van der Waals surface area (Å²) in [4.78, 5) is 11.4. The second-order valence-corrected chi connectivity index (χ2v) is 8.30. The zero-order valence-corrected chi connectivity index (χ0v) is 13.0. The van der Waals surface area contributed by atoms with Crippen LogP contribution < -0.4 is 4.31 Å². The van der Waals surface area contributed by atoms with Crippen molar-refractivity contribution in [2.24, 2.45) is 0 Å². The second-order valence-electron chi connectivity index (χ2n) is 4.55. The van der Waals surface area contributed by atoms with Gasteiger partial charge in [-0.25, -0.2) is 13.2 Å². The summed E-state index contributed by atoms with van der Waals surface area (Å²) in [5, 5.41) is 9.34. The standard InChI is InChI=1S/C13H10ClNO4S2/c14-11-5-6-12(20-11)21(18,19)15-9-4-2-1-3-8(9)7-10(15)13(16)17/h1-6,10H,7H2,(H,16,17)/t10-/m0/s1. The molecule has 2 heterocycles. The summed E-state index contributed by atoms with van der Waals surface area (Å²) >= 11 is 6.70. The van der Waals surface area contributed by atoms with Gasteiger partial charge in [0.1, 0.15) is 10.3 Å². The fourth-order valence-electron chi connectivity index (χ4n) is 2.38. The Hall–Kier alpha value is -1.57. The van der Waals surface area contributed by atoms with Crippen LogP contribution in [0.2, 0.25) is 4.34 Å². The molecular formula is C13H10ClNO4S2. The first-order valence-electron chi connectivity index (χ1n) is 6.02. The maximum absolute atomic E-state index is 12.7. The summed E-state index contributed by atoms with van der Waals surface area (Å²) in [5.41, 5.74) is 1.12. The van der Waals surface area contributed by atoms with E-state index in [4.69, 9.17) is 11.6 Å². The number of carboxylic acids is 1. The Labute approximate surface area is 130 Å². The van der Waals surface area contributed by atoms with Crippen LogP contribution >= 0.6 is 22.9 Å². The first-order chi connectivity index (χ1) is 9.91. The molecule has 110 valence electrons. The monoisotopic (exact) mass is 343 g/mol. The van der Waals surface area contributed by atoms with Crippen LogP contribution in [0.25, 0.3) is 0 Å². The van der Waals surface area contributed by atoms with E-state index in [1.165, 1.54) is 12.1 Å². The number of fused-ring (bicyclic) bond motifs is 1. The Balaban J connectivity index is 2.16. The van der Waals surface area contributed by atoms with Crippen molar-refractivity contribution in [2.45, 2.75) is 16.7 Å². The minimum atomic E-state index is -3.94. The summed E-state index contributed by atoms with van der Waals surface area (Å²) in [6.07, 6.45) is 0.157. The molecule has 0 unspecified atom stereocenters. The maximum Gasteiger partial charge on any atom is 0.327 e. The van der Waals surface area contributed by atoms with Crippen LogP contribution in [0.3, 0.4) is 0 Å². The summed E-state index contributed by atoms with van der Waals surface area (Å²) in [7, 11) is -3.94. The largest absolute Gasteiger partial charge is 0.480 e. The molecule has 0 radical (unpaired) electrons. The molecule has 1 aromatic carbocycles. The maximum atomic E-state index is 12.7. The molecule has 21 heavy (non-hydrogen) atoms. The number of carbonyl (C=O) groups is 1. The van der Waals surface area contributed by atoms with Crippen molar-refractivity contribution in [3.8, 4) is 0 Å². The highest BCUT2D eigenvalue weighted by Crippen LogP contribution is 2.38. The van der Waals surface area contributed by atoms with Gasteiger partial charge in [-0.3, -0.25) is 4.31 Å². The number of halogens is 1. The van der Waals surface area contributed by atoms with E-state index in [1.807, 2.05) is 0 Å². The highest BCUT2D eigenvalue weighted by molar-refractivity contribution is 7.95. The van der Waals surface area contributed by atoms with Gasteiger partial charge in [-0.1, -0.05) is 29.8 Å². The van der Waals surface area contributed by atoms with Gasteiger partial charge in [0.25, 0.3) is 10.0 Å². The van der Waals surface area contributed by atoms with Crippen molar-refractivity contribution < 1.29 is 18.3 Å². The van der Waals surface area contributed by atoms with Gasteiger partial charge in [0.2, 0.25) is 0 Å². The SMILES string of the molecule is O=C(O)[C@@H]1Cc2ccccc2N1S(=O)(=O)c1ccc(Cl)s1. The van der Waals surface area contributed by atoms with Crippen LogP contribution in [0, 0.1) is 0 Å². The molecule has 8 heteroatoms. The Kier molecular flexibility index (Phi) is 3.43. The molecule has 1 atom stereocenters. The topological polar surface area (TPSA) is 74.7 Å². The van der Waals surface area contributed by atoms with E-state index >= 15 is 0 Å². The second kappa shape index (κ2) is 5.01. The number of hydrogen-bond donors (Lipinski definition) is 1. The molecule has 2 aromatic rings. The summed E-state index contributed by atoms with van der Waals surface area (Å²) < 4.78 is 26.8. The van der Waals surface area contributed by atoms with Gasteiger partial charge in [-0.2, -0.15) is 0 Å². The van der Waals surface area contributed by atoms with Gasteiger partial charge in [0.15, 0.2) is 0 Å². The molecule has 0 spiro atoms. The third-order valence-electron chi connectivity index (χ3n) is 3.27. The molecule has 1 N–H and O–H groups in total. The third-order valence-corrected chi connectivity index (χ3v) is 6.79. The molecular weight excluding hydrogens is 334 g/mol. The fourth-order valence-corrected chi connectivity index (χ4v) is 5.59. The third kappa shape index (κ3) is 2.31. The quantitative estimate of drug-likeness (QED) is 0.929. The van der Waals surface area contributed by atoms with E-state index < -0.39 is 22.0 Å². The van der Waals surface area contributed by atoms with Gasteiger partial charge in [-0.15, -0.1) is 11.3 Å². The van der Waals surface area contributed by atoms with Gasteiger partial charge in [-0.05, 0) is 23.8 Å². The minimum absolute atomic E-state index is 0.0375. The number of nitrogens with zero attached hydrogens (tertiary/aromatic N) is 1. The predicted molar refractivity (Wildman–Crippen MR) is 80.6 cm³/mol. The number of aliphatic carboxylic acids is 1. The lowest BCUT2D eigenvalue weighted by Gasteiger charge is -2.23. The highest BCUT2D eigenvalue weighted by Gasteiger charge is 2.42. The first-order valence-corrected chi connectivity index (χ1v) is 8.65. The zero-order valence-electron chi connectivity index (χ0n) is 10.6. The number of benzene rings is 1. The number of rotatable bonds is 3. The Morgan fingerprint density at radius 1 is 1.29 bits per heavy atom. The van der Waals surface area contributed by atoms with Gasteiger partial charge < -0.3 is 5.11 Å². The Morgan fingerprint density at radius 3 is 2.62 bits per heavy atom. The minimum Gasteiger partial charge on any atom is -0.480 e. The average molecular weight is 344 g/mol. The van der Waals surface area contributed by atoms with Crippen LogP contribution in [-0.2, 0) is 21.2 Å². The van der Waals surface area contributed by atoms with E-state index in [0.29, 0.717) is 15.6 Å². The Bertz CT molecular complexity index is 815. The van der Waals surface area contributed by atoms with Crippen molar-refractivity contribution in [2.75, 3.05) is 4.31 Å². The van der Waals surface area contributed by atoms with Crippen molar-refractivity contribution in [3.63, 3.8) is 0 Å². The van der Waals surface area contributed by atoms with Crippen LogP contribution in [0.1, 0.15) is 5.56 Å². The molecule has 0 fully saturated rings. The van der Waals surface area contributed by atoms with E-state index in [2.05, 4.69) is 0 Å². The van der Waals surface area contributed by atoms with Gasteiger partial charge >= 0.3 is 5.97 Å². The fraction of sp³-hybridized carbons (Fsp3) is 0.154. The van der Waals surface area contributed by atoms with E-state index in [0.717, 1.165) is 15.6 Å². The molecule has 0 aliphatic carbocycles. The number of sulfonamides is 1. The molecule has 3 rings (SSSR count). The zero-order chi connectivity index (χ0) is 15.2. The molecule has 0 bridgehead atoms. The highest BCUT2D eigenvalue weighted by atomic mass is 35.5. The number of carboxylic acid groups (broad SMARTS) is 1. The molecule has 0 saturated heterocycles. The van der Waals surface area contributed by atoms with Crippen molar-refractivity contribution in [3.05, 3.63) is 46.3 Å². The summed E-state index contributed by atoms with van der Waals surface area (Å²) in [6, 6.07) is 8.54. The average Bonchev–Trinajstić information content (AvgIpc) is 3.02. The molecule has 0 saturated carbocycles. The van der Waals surface area contributed by atoms with Crippen molar-refractivity contribution in [1.82, 2.24) is 0 Å². The van der Waals surface area contributed by atoms with E-state index in [-0.39, 0.29) is 10.6 Å². The molecule has 5 nitrogen and oxygen atoms in total. The van der Waals surface area contributed by atoms with Crippen LogP contribution in [0.4, 0.5) is 5.69 Å². The summed E-state index contributed by atoms with van der Waals surface area (Å²) in [6.45, 7) is 0. The van der Waals surface area contributed by atoms with Crippen molar-refractivity contribution in [1.29, 1.82) is 0 Å². The van der Waals surface area contributed by atoms with Gasteiger partial charge in [0, 0.05) is 6.42 Å². The number of para-hydroxylation sites is 1. The van der Waals surface area contributed by atoms with Crippen LogP contribution in [0.5, 0.6) is 0 Å². The predicted octanol–water partition coefficient (Wildman–Crippen LogP) is 2.61. The van der Waals surface area contributed by atoms with E-state index in [9.17, 15) is 18.3 Å². The van der Waals surface area contributed by atoms with E-state index in [1.54, 1.807) is 24.3 Å². The molecule has 1 aromatic heterocycles. The molecule has 1 aliphatic heterocycles. The van der Waals surface area contributed by atoms with Crippen LogP contribution in [-0.4, -0.2) is 25.5 Å². The smallest absolute Gasteiger partial charge is 0.327 e.